The van der Waals surface area contributed by atoms with Crippen molar-refractivity contribution in [2.24, 2.45) is 0 Å². The highest BCUT2D eigenvalue weighted by atomic mass is 32.2. The molecule has 2 saturated heterocycles. The van der Waals surface area contributed by atoms with E-state index in [0.29, 0.717) is 15.9 Å². The van der Waals surface area contributed by atoms with Crippen molar-refractivity contribution in [2.45, 2.75) is 25.0 Å². The number of hydrogen-bond acceptors (Lipinski definition) is 6. The highest BCUT2D eigenvalue weighted by Crippen LogP contribution is 2.32. The van der Waals surface area contributed by atoms with Gasteiger partial charge in [-0.1, -0.05) is 18.3 Å². The van der Waals surface area contributed by atoms with E-state index < -0.39 is 0 Å². The molecule has 5 nitrogen and oxygen atoms in total. The van der Waals surface area contributed by atoms with E-state index >= 15 is 0 Å². The van der Waals surface area contributed by atoms with Crippen LogP contribution in [0.4, 0.5) is 10.9 Å². The lowest BCUT2D eigenvalue weighted by molar-refractivity contribution is 0.0769. The van der Waals surface area contributed by atoms with Gasteiger partial charge in [0.05, 0.1) is 0 Å². The normalized spacial score (nSPS) is 23.4. The van der Waals surface area contributed by atoms with Gasteiger partial charge < -0.3 is 15.5 Å². The Morgan fingerprint density at radius 3 is 2.80 bits per heavy atom. The molecule has 110 valence electrons. The molecule has 2 aliphatic heterocycles. The first-order valence-corrected chi connectivity index (χ1v) is 8.94. The zero-order valence-corrected chi connectivity index (χ0v) is 13.3. The maximum atomic E-state index is 12.6. The van der Waals surface area contributed by atoms with E-state index in [9.17, 15) is 4.79 Å². The van der Waals surface area contributed by atoms with Crippen molar-refractivity contribution in [1.82, 2.24) is 9.88 Å². The summed E-state index contributed by atoms with van der Waals surface area (Å²) in [7, 11) is 0. The number of hydrogen-bond donors (Lipinski definition) is 1. The summed E-state index contributed by atoms with van der Waals surface area (Å²) in [5, 5.41) is 1.41. The Labute approximate surface area is 127 Å². The van der Waals surface area contributed by atoms with Crippen LogP contribution in [0.2, 0.25) is 0 Å². The first-order valence-electron chi connectivity index (χ1n) is 7.07. The van der Waals surface area contributed by atoms with Gasteiger partial charge in [-0.3, -0.25) is 4.79 Å². The summed E-state index contributed by atoms with van der Waals surface area (Å²) in [6, 6.07) is 0. The number of aromatic nitrogens is 1. The van der Waals surface area contributed by atoms with E-state index in [0.717, 1.165) is 37.1 Å². The molecule has 1 atom stereocenters. The van der Waals surface area contributed by atoms with Crippen LogP contribution in [-0.4, -0.2) is 53.0 Å². The molecule has 0 saturated carbocycles. The molecule has 7 heteroatoms. The Morgan fingerprint density at radius 1 is 1.35 bits per heavy atom. The van der Waals surface area contributed by atoms with Crippen molar-refractivity contribution in [2.75, 3.05) is 42.6 Å². The van der Waals surface area contributed by atoms with Gasteiger partial charge in [-0.05, 0) is 12.8 Å². The maximum Gasteiger partial charge on any atom is 0.267 e. The Hall–Kier alpha value is -0.950. The van der Waals surface area contributed by atoms with E-state index in [2.05, 4.69) is 16.8 Å². The van der Waals surface area contributed by atoms with Gasteiger partial charge in [0.1, 0.15) is 10.7 Å². The predicted octanol–water partition coefficient (Wildman–Crippen LogP) is 1.90. The van der Waals surface area contributed by atoms with Crippen LogP contribution in [0.1, 0.15) is 29.4 Å². The molecular formula is C13H20N4OS2. The monoisotopic (exact) mass is 312 g/mol. The van der Waals surface area contributed by atoms with Gasteiger partial charge in [-0.2, -0.15) is 11.8 Å². The molecule has 1 unspecified atom stereocenters. The van der Waals surface area contributed by atoms with Crippen molar-refractivity contribution < 1.29 is 4.79 Å². The average molecular weight is 312 g/mol. The first-order chi connectivity index (χ1) is 9.65. The van der Waals surface area contributed by atoms with E-state index in [1.54, 1.807) is 0 Å². The standard InChI is InChI=1S/C13H20N4OS2/c1-9-8-17(6-7-19-9)12(18)10-11(14)15-13(20-10)16-4-2-3-5-16/h9H,2-8,14H2,1H3. The molecule has 0 aliphatic carbocycles. The molecule has 2 aliphatic rings. The lowest BCUT2D eigenvalue weighted by Gasteiger charge is -2.30. The second-order valence-electron chi connectivity index (χ2n) is 5.34. The molecule has 1 amide bonds. The predicted molar refractivity (Wildman–Crippen MR) is 85.8 cm³/mol. The number of nitrogens with zero attached hydrogens (tertiary/aromatic N) is 3. The van der Waals surface area contributed by atoms with E-state index in [4.69, 9.17) is 5.73 Å². The number of amides is 1. The summed E-state index contributed by atoms with van der Waals surface area (Å²) in [5.74, 6) is 1.45. The summed E-state index contributed by atoms with van der Waals surface area (Å²) in [6.07, 6.45) is 2.40. The minimum atomic E-state index is 0.0533. The van der Waals surface area contributed by atoms with Crippen molar-refractivity contribution in [3.63, 3.8) is 0 Å². The number of nitrogens with two attached hydrogens (primary N) is 1. The van der Waals surface area contributed by atoms with Crippen LogP contribution in [0, 0.1) is 0 Å². The number of thioether (sulfide) groups is 1. The largest absolute Gasteiger partial charge is 0.382 e. The second-order valence-corrected chi connectivity index (χ2v) is 7.86. The highest BCUT2D eigenvalue weighted by Gasteiger charge is 2.27. The quantitative estimate of drug-likeness (QED) is 0.904. The molecule has 0 aromatic carbocycles. The van der Waals surface area contributed by atoms with Crippen LogP contribution in [0.15, 0.2) is 0 Å². The minimum Gasteiger partial charge on any atom is -0.382 e. The number of carbonyl (C=O) groups excluding carboxylic acids is 1. The molecule has 0 bridgehead atoms. The lowest BCUT2D eigenvalue weighted by atomic mass is 10.3. The highest BCUT2D eigenvalue weighted by molar-refractivity contribution is 7.99. The van der Waals surface area contributed by atoms with Crippen LogP contribution in [-0.2, 0) is 0 Å². The summed E-state index contributed by atoms with van der Waals surface area (Å²) in [4.78, 5) is 21.7. The number of rotatable bonds is 2. The topological polar surface area (TPSA) is 62.5 Å². The Kier molecular flexibility index (Phi) is 4.07. The summed E-state index contributed by atoms with van der Waals surface area (Å²) in [5.41, 5.74) is 5.97. The first kappa shape index (κ1) is 14.0. The fraction of sp³-hybridized carbons (Fsp3) is 0.692. The third-order valence-electron chi connectivity index (χ3n) is 3.74. The summed E-state index contributed by atoms with van der Waals surface area (Å²) >= 11 is 3.37. The molecule has 0 radical (unpaired) electrons. The van der Waals surface area contributed by atoms with Crippen molar-refractivity contribution in [3.05, 3.63) is 4.88 Å². The zero-order chi connectivity index (χ0) is 14.1. The van der Waals surface area contributed by atoms with E-state index in [1.165, 1.54) is 24.2 Å². The molecule has 3 heterocycles. The Balaban J connectivity index is 1.77. The molecule has 1 aromatic rings. The number of carbonyl (C=O) groups is 1. The fourth-order valence-electron chi connectivity index (χ4n) is 2.66. The van der Waals surface area contributed by atoms with Crippen LogP contribution < -0.4 is 10.6 Å². The molecule has 20 heavy (non-hydrogen) atoms. The van der Waals surface area contributed by atoms with Crippen molar-refractivity contribution >= 4 is 40.0 Å². The summed E-state index contributed by atoms with van der Waals surface area (Å²) in [6.45, 7) is 5.83. The number of nitrogen functional groups attached to an aromatic ring is 1. The van der Waals surface area contributed by atoms with E-state index in [1.807, 2.05) is 16.7 Å². The molecule has 2 N–H and O–H groups in total. The third kappa shape index (κ3) is 2.74. The molecule has 2 fully saturated rings. The van der Waals surface area contributed by atoms with Gasteiger partial charge in [-0.25, -0.2) is 4.98 Å². The zero-order valence-electron chi connectivity index (χ0n) is 11.7. The molecule has 0 spiro atoms. The smallest absolute Gasteiger partial charge is 0.267 e. The van der Waals surface area contributed by atoms with Gasteiger partial charge in [0.15, 0.2) is 5.13 Å². The average Bonchev–Trinajstić information content (AvgIpc) is 3.07. The van der Waals surface area contributed by atoms with Crippen molar-refractivity contribution in [3.8, 4) is 0 Å². The molecular weight excluding hydrogens is 292 g/mol. The van der Waals surface area contributed by atoms with Gasteiger partial charge in [-0.15, -0.1) is 0 Å². The van der Waals surface area contributed by atoms with Crippen molar-refractivity contribution in [1.29, 1.82) is 0 Å². The second kappa shape index (κ2) is 5.81. The third-order valence-corrected chi connectivity index (χ3v) is 6.00. The number of anilines is 2. The van der Waals surface area contributed by atoms with Crippen LogP contribution >= 0.6 is 23.1 Å². The number of thiazole rings is 1. The van der Waals surface area contributed by atoms with Gasteiger partial charge in [0.25, 0.3) is 5.91 Å². The van der Waals surface area contributed by atoms with Gasteiger partial charge in [0.2, 0.25) is 0 Å². The molecule has 1 aromatic heterocycles. The minimum absolute atomic E-state index is 0.0533. The Bertz CT molecular complexity index is 499. The van der Waals surface area contributed by atoms with Gasteiger partial charge in [0, 0.05) is 37.2 Å². The lowest BCUT2D eigenvalue weighted by Crippen LogP contribution is -2.40. The molecule has 3 rings (SSSR count). The van der Waals surface area contributed by atoms with Crippen LogP contribution in [0.5, 0.6) is 0 Å². The Morgan fingerprint density at radius 2 is 2.10 bits per heavy atom. The van der Waals surface area contributed by atoms with E-state index in [-0.39, 0.29) is 5.91 Å². The maximum absolute atomic E-state index is 12.6. The fourth-order valence-corrected chi connectivity index (χ4v) is 4.68. The van der Waals surface area contributed by atoms with Gasteiger partial charge >= 0.3 is 0 Å². The van der Waals surface area contributed by atoms with Crippen LogP contribution in [0.25, 0.3) is 0 Å². The summed E-state index contributed by atoms with van der Waals surface area (Å²) < 4.78 is 0. The van der Waals surface area contributed by atoms with Crippen LogP contribution in [0.3, 0.4) is 0 Å². The SMILES string of the molecule is CC1CN(C(=O)c2sc(N3CCCC3)nc2N)CCS1.